The molecule has 0 heterocycles. The van der Waals surface area contributed by atoms with Crippen molar-refractivity contribution in [1.82, 2.24) is 0 Å². The number of benzene rings is 1. The number of nitrogens with zero attached hydrogens (tertiary/aromatic N) is 1. The molecule has 0 spiro atoms. The van der Waals surface area contributed by atoms with E-state index in [4.69, 9.17) is 0 Å². The summed E-state index contributed by atoms with van der Waals surface area (Å²) >= 11 is 0. The molecule has 0 amide bonds. The summed E-state index contributed by atoms with van der Waals surface area (Å²) in [4.78, 5) is 2.06. The van der Waals surface area contributed by atoms with Crippen LogP contribution < -0.4 is 4.90 Å². The van der Waals surface area contributed by atoms with Gasteiger partial charge >= 0.3 is 0 Å². The summed E-state index contributed by atoms with van der Waals surface area (Å²) in [5, 5.41) is 9.95. The lowest BCUT2D eigenvalue weighted by Gasteiger charge is -2.16. The van der Waals surface area contributed by atoms with Gasteiger partial charge in [-0.1, -0.05) is 12.1 Å². The van der Waals surface area contributed by atoms with Gasteiger partial charge in [-0.2, -0.15) is 0 Å². The van der Waals surface area contributed by atoms with Crippen LogP contribution >= 0.6 is 0 Å². The molecule has 2 rings (SSSR count). The molecule has 0 aliphatic heterocycles. The Bertz CT molecular complexity index is 318. The van der Waals surface area contributed by atoms with E-state index in [0.717, 1.165) is 11.3 Å². The third-order valence-corrected chi connectivity index (χ3v) is 2.80. The molecule has 0 bridgehead atoms. The van der Waals surface area contributed by atoms with E-state index < -0.39 is 0 Å². The molecule has 0 radical (unpaired) electrons. The maximum absolute atomic E-state index is 9.95. The zero-order valence-corrected chi connectivity index (χ0v) is 8.77. The number of anilines is 1. The average Bonchev–Trinajstić information content (AvgIpc) is 3.00. The Balaban J connectivity index is 2.20. The van der Waals surface area contributed by atoms with Crippen molar-refractivity contribution in [2.24, 2.45) is 5.92 Å². The minimum absolute atomic E-state index is 0.255. The normalized spacial score (nSPS) is 17.9. The standard InChI is InChI=1S/C12H17NO/c1-13(2)11-5-3-4-10(8-11)12(14)9-6-7-9/h3-5,8-9,12,14H,6-7H2,1-2H3. The van der Waals surface area contributed by atoms with Crippen molar-refractivity contribution in [2.75, 3.05) is 19.0 Å². The Morgan fingerprint density at radius 1 is 1.36 bits per heavy atom. The highest BCUT2D eigenvalue weighted by Crippen LogP contribution is 2.41. The van der Waals surface area contributed by atoms with Crippen LogP contribution in [0, 0.1) is 5.92 Å². The molecule has 2 heteroatoms. The molecule has 2 nitrogen and oxygen atoms in total. The smallest absolute Gasteiger partial charge is 0.0818 e. The van der Waals surface area contributed by atoms with Crippen molar-refractivity contribution >= 4 is 5.69 Å². The Morgan fingerprint density at radius 2 is 2.07 bits per heavy atom. The first-order valence-electron chi connectivity index (χ1n) is 5.14. The first kappa shape index (κ1) is 9.53. The van der Waals surface area contributed by atoms with Gasteiger partial charge in [0, 0.05) is 19.8 Å². The van der Waals surface area contributed by atoms with Crippen molar-refractivity contribution in [3.63, 3.8) is 0 Å². The summed E-state index contributed by atoms with van der Waals surface area (Å²) in [6.07, 6.45) is 2.09. The Kier molecular flexibility index (Phi) is 2.46. The topological polar surface area (TPSA) is 23.5 Å². The van der Waals surface area contributed by atoms with E-state index in [1.807, 2.05) is 26.2 Å². The molecule has 1 unspecified atom stereocenters. The number of aliphatic hydroxyl groups is 1. The third kappa shape index (κ3) is 1.90. The molecule has 1 N–H and O–H groups in total. The van der Waals surface area contributed by atoms with Crippen molar-refractivity contribution in [3.8, 4) is 0 Å². The van der Waals surface area contributed by atoms with E-state index in [0.29, 0.717) is 5.92 Å². The quantitative estimate of drug-likeness (QED) is 0.791. The molecule has 1 aromatic carbocycles. The van der Waals surface area contributed by atoms with E-state index in [1.165, 1.54) is 12.8 Å². The van der Waals surface area contributed by atoms with Gasteiger partial charge in [-0.3, -0.25) is 0 Å². The minimum atomic E-state index is -0.255. The van der Waals surface area contributed by atoms with E-state index in [-0.39, 0.29) is 6.10 Å². The van der Waals surface area contributed by atoms with Gasteiger partial charge in [0.05, 0.1) is 6.10 Å². The van der Waals surface area contributed by atoms with Gasteiger partial charge in [-0.15, -0.1) is 0 Å². The Hall–Kier alpha value is -1.02. The molecular weight excluding hydrogens is 174 g/mol. The number of hydrogen-bond acceptors (Lipinski definition) is 2. The summed E-state index contributed by atoms with van der Waals surface area (Å²) in [5.74, 6) is 0.507. The van der Waals surface area contributed by atoms with Gasteiger partial charge in [0.25, 0.3) is 0 Å². The molecule has 1 fully saturated rings. The molecule has 0 aromatic heterocycles. The fraction of sp³-hybridized carbons (Fsp3) is 0.500. The molecule has 1 aliphatic carbocycles. The van der Waals surface area contributed by atoms with Crippen LogP contribution in [0.25, 0.3) is 0 Å². The van der Waals surface area contributed by atoms with Crippen LogP contribution in [-0.4, -0.2) is 19.2 Å². The van der Waals surface area contributed by atoms with Crippen LogP contribution in [0.4, 0.5) is 5.69 Å². The van der Waals surface area contributed by atoms with Crippen molar-refractivity contribution in [3.05, 3.63) is 29.8 Å². The predicted molar refractivity (Wildman–Crippen MR) is 58.5 cm³/mol. The number of rotatable bonds is 3. The molecule has 76 valence electrons. The summed E-state index contributed by atoms with van der Waals surface area (Å²) in [5.41, 5.74) is 2.21. The molecule has 1 atom stereocenters. The van der Waals surface area contributed by atoms with Crippen LogP contribution in [0.5, 0.6) is 0 Å². The van der Waals surface area contributed by atoms with E-state index in [1.54, 1.807) is 0 Å². The second-order valence-corrected chi connectivity index (χ2v) is 4.27. The fourth-order valence-electron chi connectivity index (χ4n) is 1.67. The maximum Gasteiger partial charge on any atom is 0.0818 e. The summed E-state index contributed by atoms with van der Waals surface area (Å²) in [7, 11) is 4.03. The van der Waals surface area contributed by atoms with Gasteiger partial charge in [0.15, 0.2) is 0 Å². The molecule has 1 saturated carbocycles. The molecular formula is C12H17NO. The lowest BCUT2D eigenvalue weighted by atomic mass is 10.0. The van der Waals surface area contributed by atoms with Gasteiger partial charge in [0.2, 0.25) is 0 Å². The average molecular weight is 191 g/mol. The summed E-state index contributed by atoms with van der Waals surface area (Å²) < 4.78 is 0. The largest absolute Gasteiger partial charge is 0.388 e. The van der Waals surface area contributed by atoms with E-state index in [9.17, 15) is 5.11 Å². The van der Waals surface area contributed by atoms with Crippen molar-refractivity contribution in [2.45, 2.75) is 18.9 Å². The zero-order valence-electron chi connectivity index (χ0n) is 8.77. The third-order valence-electron chi connectivity index (χ3n) is 2.80. The van der Waals surface area contributed by atoms with Gasteiger partial charge in [-0.25, -0.2) is 0 Å². The number of hydrogen-bond donors (Lipinski definition) is 1. The second-order valence-electron chi connectivity index (χ2n) is 4.27. The summed E-state index contributed by atoms with van der Waals surface area (Å²) in [6.45, 7) is 0. The maximum atomic E-state index is 9.95. The SMILES string of the molecule is CN(C)c1cccc(C(O)C2CC2)c1. The lowest BCUT2D eigenvalue weighted by molar-refractivity contribution is 0.154. The van der Waals surface area contributed by atoms with Crippen LogP contribution in [0.3, 0.4) is 0 Å². The van der Waals surface area contributed by atoms with Crippen LogP contribution in [0.1, 0.15) is 24.5 Å². The van der Waals surface area contributed by atoms with Crippen LogP contribution in [0.15, 0.2) is 24.3 Å². The van der Waals surface area contributed by atoms with Crippen LogP contribution in [-0.2, 0) is 0 Å². The van der Waals surface area contributed by atoms with Gasteiger partial charge in [-0.05, 0) is 36.5 Å². The number of aliphatic hydroxyl groups excluding tert-OH is 1. The highest BCUT2D eigenvalue weighted by atomic mass is 16.3. The minimum Gasteiger partial charge on any atom is -0.388 e. The first-order chi connectivity index (χ1) is 6.68. The first-order valence-corrected chi connectivity index (χ1v) is 5.14. The monoisotopic (exact) mass is 191 g/mol. The fourth-order valence-corrected chi connectivity index (χ4v) is 1.67. The van der Waals surface area contributed by atoms with Crippen molar-refractivity contribution < 1.29 is 5.11 Å². The molecule has 1 aliphatic rings. The summed E-state index contributed by atoms with van der Waals surface area (Å²) in [6, 6.07) is 8.15. The lowest BCUT2D eigenvalue weighted by Crippen LogP contribution is -2.09. The molecule has 1 aromatic rings. The predicted octanol–water partition coefficient (Wildman–Crippen LogP) is 2.20. The molecule has 0 saturated heterocycles. The molecule has 14 heavy (non-hydrogen) atoms. The highest BCUT2D eigenvalue weighted by molar-refractivity contribution is 5.47. The zero-order chi connectivity index (χ0) is 10.1. The Morgan fingerprint density at radius 3 is 2.64 bits per heavy atom. The van der Waals surface area contributed by atoms with Gasteiger partial charge in [0.1, 0.15) is 0 Å². The van der Waals surface area contributed by atoms with Gasteiger partial charge < -0.3 is 10.0 Å². The Labute approximate surface area is 85.2 Å². The van der Waals surface area contributed by atoms with E-state index in [2.05, 4.69) is 17.0 Å². The second kappa shape index (κ2) is 3.62. The van der Waals surface area contributed by atoms with Crippen LogP contribution in [0.2, 0.25) is 0 Å². The highest BCUT2D eigenvalue weighted by Gasteiger charge is 2.30. The van der Waals surface area contributed by atoms with Crippen molar-refractivity contribution in [1.29, 1.82) is 0 Å². The van der Waals surface area contributed by atoms with E-state index >= 15 is 0 Å².